The van der Waals surface area contributed by atoms with E-state index in [1.54, 1.807) is 10.8 Å². The maximum atomic E-state index is 5.77. The van der Waals surface area contributed by atoms with E-state index in [0.717, 1.165) is 5.92 Å². The molecule has 0 amide bonds. The molecule has 110 valence electrons. The molecule has 1 atom stereocenters. The third-order valence-corrected chi connectivity index (χ3v) is 11.9. The van der Waals surface area contributed by atoms with Crippen molar-refractivity contribution in [1.82, 2.24) is 0 Å². The number of benzene rings is 1. The third kappa shape index (κ3) is 4.17. The van der Waals surface area contributed by atoms with Gasteiger partial charge in [-0.1, -0.05) is 48.5 Å². The highest BCUT2D eigenvalue weighted by molar-refractivity contribution is 7.11. The summed E-state index contributed by atoms with van der Waals surface area (Å²) in [6.07, 6.45) is 7.27. The second-order valence-corrected chi connectivity index (χ2v) is 13.5. The van der Waals surface area contributed by atoms with Crippen molar-refractivity contribution < 1.29 is 4.74 Å². The first kappa shape index (κ1) is 15.7. The van der Waals surface area contributed by atoms with Crippen molar-refractivity contribution in [2.75, 3.05) is 6.61 Å². The van der Waals surface area contributed by atoms with E-state index in [2.05, 4.69) is 37.8 Å². The largest absolute Gasteiger partial charge is 0.374 e. The standard InChI is InChI=1S/C17H28OSi2/c1-3-13-18-16-9-5-14(6-10-16)15-7-11-17(12-8-15)20(19)4-2/h3,7-8,11-12,14,16,20H,1,4-6,9-10,13H2,2,19H3/t14-,16-,20?. The molecule has 1 fully saturated rings. The van der Waals surface area contributed by atoms with Gasteiger partial charge in [-0.25, -0.2) is 0 Å². The van der Waals surface area contributed by atoms with Crippen LogP contribution in [0.3, 0.4) is 0 Å². The van der Waals surface area contributed by atoms with Crippen LogP contribution < -0.4 is 5.19 Å². The molecule has 1 saturated carbocycles. The fourth-order valence-electron chi connectivity index (χ4n) is 3.10. The average Bonchev–Trinajstić information content (AvgIpc) is 2.53. The van der Waals surface area contributed by atoms with Gasteiger partial charge in [-0.15, -0.1) is 6.58 Å². The van der Waals surface area contributed by atoms with Crippen molar-refractivity contribution in [2.45, 2.75) is 50.7 Å². The van der Waals surface area contributed by atoms with E-state index in [0.29, 0.717) is 12.7 Å². The molecule has 0 aromatic heterocycles. The molecule has 1 aliphatic carbocycles. The minimum atomic E-state index is -0.517. The molecule has 1 nitrogen and oxygen atoms in total. The lowest BCUT2D eigenvalue weighted by Gasteiger charge is -2.28. The topological polar surface area (TPSA) is 9.23 Å². The van der Waals surface area contributed by atoms with Crippen LogP contribution in [0, 0.1) is 0 Å². The molecule has 0 N–H and O–H groups in total. The van der Waals surface area contributed by atoms with E-state index in [4.69, 9.17) is 4.74 Å². The average molecular weight is 305 g/mol. The van der Waals surface area contributed by atoms with Crippen LogP contribution in [0.1, 0.15) is 44.1 Å². The molecular weight excluding hydrogens is 276 g/mol. The SMILES string of the molecule is C=CCO[C@H]1CC[C@H](c2ccc([SiH]([SiH3])CC)cc2)CC1. The lowest BCUT2D eigenvalue weighted by molar-refractivity contribution is 0.0424. The van der Waals surface area contributed by atoms with Gasteiger partial charge in [-0.2, -0.15) is 0 Å². The summed E-state index contributed by atoms with van der Waals surface area (Å²) in [5.74, 6) is 0.753. The van der Waals surface area contributed by atoms with Gasteiger partial charge in [-0.05, 0) is 37.2 Å². The smallest absolute Gasteiger partial charge is 0.0648 e. The van der Waals surface area contributed by atoms with Crippen molar-refractivity contribution in [3.63, 3.8) is 0 Å². The minimum Gasteiger partial charge on any atom is -0.374 e. The first-order valence-electron chi connectivity index (χ1n) is 8.07. The van der Waals surface area contributed by atoms with E-state index in [9.17, 15) is 0 Å². The van der Waals surface area contributed by atoms with Crippen LogP contribution in [-0.4, -0.2) is 30.8 Å². The van der Waals surface area contributed by atoms with Crippen molar-refractivity contribution in [1.29, 1.82) is 0 Å². The van der Waals surface area contributed by atoms with Gasteiger partial charge in [0.05, 0.1) is 21.0 Å². The normalized spacial score (nSPS) is 24.4. The van der Waals surface area contributed by atoms with Gasteiger partial charge < -0.3 is 4.74 Å². The Morgan fingerprint density at radius 2 is 1.90 bits per heavy atom. The second-order valence-electron chi connectivity index (χ2n) is 6.07. The quantitative estimate of drug-likeness (QED) is 0.578. The van der Waals surface area contributed by atoms with Crippen LogP contribution in [0.5, 0.6) is 0 Å². The van der Waals surface area contributed by atoms with Gasteiger partial charge in [0.1, 0.15) is 0 Å². The molecular formula is C17H28OSi2. The Hall–Kier alpha value is -0.646. The summed E-state index contributed by atoms with van der Waals surface area (Å²) in [5, 5.41) is 1.67. The number of hydrogen-bond donors (Lipinski definition) is 0. The Morgan fingerprint density at radius 3 is 2.45 bits per heavy atom. The van der Waals surface area contributed by atoms with Crippen LogP contribution in [0.25, 0.3) is 0 Å². The van der Waals surface area contributed by atoms with Gasteiger partial charge in [0.15, 0.2) is 0 Å². The number of hydrogen-bond acceptors (Lipinski definition) is 1. The highest BCUT2D eigenvalue weighted by Gasteiger charge is 2.22. The zero-order valence-electron chi connectivity index (χ0n) is 13.0. The molecule has 0 bridgehead atoms. The highest BCUT2D eigenvalue weighted by Crippen LogP contribution is 2.33. The predicted octanol–water partition coefficient (Wildman–Crippen LogP) is 2.23. The molecule has 0 radical (unpaired) electrons. The summed E-state index contributed by atoms with van der Waals surface area (Å²) >= 11 is 0. The van der Waals surface area contributed by atoms with Crippen LogP contribution in [0.2, 0.25) is 6.04 Å². The molecule has 0 saturated heterocycles. The predicted molar refractivity (Wildman–Crippen MR) is 94.8 cm³/mol. The zero-order chi connectivity index (χ0) is 14.4. The van der Waals surface area contributed by atoms with Crippen molar-refractivity contribution >= 4 is 23.3 Å². The number of rotatable bonds is 6. The summed E-state index contributed by atoms with van der Waals surface area (Å²) < 4.78 is 5.77. The molecule has 1 unspecified atom stereocenters. The van der Waals surface area contributed by atoms with Crippen LogP contribution in [-0.2, 0) is 4.74 Å². The molecule has 3 heteroatoms. The van der Waals surface area contributed by atoms with Crippen molar-refractivity contribution in [2.24, 2.45) is 0 Å². The van der Waals surface area contributed by atoms with E-state index >= 15 is 0 Å². The fraction of sp³-hybridized carbons (Fsp3) is 0.529. The molecule has 0 spiro atoms. The van der Waals surface area contributed by atoms with Crippen molar-refractivity contribution in [3.05, 3.63) is 42.5 Å². The molecule has 2 rings (SSSR count). The van der Waals surface area contributed by atoms with Crippen LogP contribution >= 0.6 is 0 Å². The van der Waals surface area contributed by atoms with Gasteiger partial charge in [0.25, 0.3) is 0 Å². The summed E-state index contributed by atoms with van der Waals surface area (Å²) in [5.41, 5.74) is 1.55. The summed E-state index contributed by atoms with van der Waals surface area (Å²) in [4.78, 5) is 0. The van der Waals surface area contributed by atoms with E-state index in [1.807, 2.05) is 6.08 Å². The van der Waals surface area contributed by atoms with Crippen LogP contribution in [0.4, 0.5) is 0 Å². The van der Waals surface area contributed by atoms with E-state index < -0.39 is 8.31 Å². The maximum absolute atomic E-state index is 5.77. The van der Waals surface area contributed by atoms with Gasteiger partial charge in [0, 0.05) is 9.76 Å². The first-order valence-corrected chi connectivity index (χ1v) is 14.1. The Morgan fingerprint density at radius 1 is 1.25 bits per heavy atom. The highest BCUT2D eigenvalue weighted by atomic mass is 29.1. The van der Waals surface area contributed by atoms with Gasteiger partial charge in [-0.3, -0.25) is 0 Å². The zero-order valence-corrected chi connectivity index (χ0v) is 16.1. The maximum Gasteiger partial charge on any atom is 0.0648 e. The summed E-state index contributed by atoms with van der Waals surface area (Å²) in [6, 6.07) is 11.1. The Kier molecular flexibility index (Phi) is 6.26. The third-order valence-electron chi connectivity index (χ3n) is 4.71. The summed E-state index contributed by atoms with van der Waals surface area (Å²) in [6.45, 7) is 6.77. The fourth-order valence-corrected chi connectivity index (χ4v) is 5.57. The Balaban J connectivity index is 1.88. The Labute approximate surface area is 128 Å². The lowest BCUT2D eigenvalue weighted by Crippen LogP contribution is -2.29. The van der Waals surface area contributed by atoms with Gasteiger partial charge in [0.2, 0.25) is 0 Å². The first-order chi connectivity index (χ1) is 9.74. The molecule has 20 heavy (non-hydrogen) atoms. The van der Waals surface area contributed by atoms with Crippen LogP contribution in [0.15, 0.2) is 36.9 Å². The lowest BCUT2D eigenvalue weighted by atomic mass is 9.83. The summed E-state index contributed by atoms with van der Waals surface area (Å²) in [7, 11) is 0.881. The minimum absolute atomic E-state index is 0.460. The molecule has 0 heterocycles. The van der Waals surface area contributed by atoms with E-state index in [1.165, 1.54) is 41.5 Å². The van der Waals surface area contributed by atoms with Crippen molar-refractivity contribution in [3.8, 4) is 0 Å². The second kappa shape index (κ2) is 7.96. The van der Waals surface area contributed by atoms with Gasteiger partial charge >= 0.3 is 0 Å². The Bertz CT molecular complexity index is 408. The molecule has 1 aromatic carbocycles. The molecule has 0 aliphatic heterocycles. The molecule has 1 aliphatic rings. The molecule has 1 aromatic rings. The van der Waals surface area contributed by atoms with E-state index in [-0.39, 0.29) is 0 Å². The number of ether oxygens (including phenoxy) is 1. The monoisotopic (exact) mass is 304 g/mol.